The molecule has 1 heterocycles. The summed E-state index contributed by atoms with van der Waals surface area (Å²) in [4.78, 5) is 16.1. The molecule has 0 bridgehead atoms. The SMILES string of the molecule is CC1=NNC(=O)C1=NOCC1CC1(Cl)Cl. The molecule has 0 radical (unpaired) electrons. The van der Waals surface area contributed by atoms with Crippen molar-refractivity contribution < 1.29 is 9.63 Å². The predicted octanol–water partition coefficient (Wildman–Crippen LogP) is 1.06. The molecule has 0 aromatic heterocycles. The molecular weight excluding hydrogens is 241 g/mol. The number of oxime groups is 1. The summed E-state index contributed by atoms with van der Waals surface area (Å²) in [6.07, 6.45) is 0.695. The molecule has 0 aromatic rings. The molecule has 0 aromatic carbocycles. The normalized spacial score (nSPS) is 30.1. The molecule has 1 atom stereocenters. The zero-order valence-electron chi connectivity index (χ0n) is 7.96. The van der Waals surface area contributed by atoms with E-state index < -0.39 is 4.33 Å². The van der Waals surface area contributed by atoms with Gasteiger partial charge in [-0.2, -0.15) is 5.10 Å². The molecule has 1 saturated carbocycles. The van der Waals surface area contributed by atoms with Gasteiger partial charge in [0.05, 0.1) is 5.71 Å². The van der Waals surface area contributed by atoms with Gasteiger partial charge in [-0.05, 0) is 13.3 Å². The molecule has 2 rings (SSSR count). The van der Waals surface area contributed by atoms with Crippen LogP contribution in [0.2, 0.25) is 0 Å². The number of alkyl halides is 2. The molecule has 1 fully saturated rings. The fourth-order valence-electron chi connectivity index (χ4n) is 1.15. The minimum Gasteiger partial charge on any atom is -0.395 e. The lowest BCUT2D eigenvalue weighted by molar-refractivity contribution is -0.114. The third-order valence-corrected chi connectivity index (χ3v) is 3.20. The van der Waals surface area contributed by atoms with Crippen molar-refractivity contribution in [1.29, 1.82) is 0 Å². The Bertz CT molecular complexity index is 365. The van der Waals surface area contributed by atoms with Gasteiger partial charge in [-0.15, -0.1) is 23.2 Å². The molecule has 1 aliphatic carbocycles. The van der Waals surface area contributed by atoms with E-state index in [-0.39, 0.29) is 17.5 Å². The standard InChI is InChI=1S/C8H9Cl2N3O2/c1-4-6(7(14)12-11-4)13-15-3-5-2-8(5,9)10/h5H,2-3H2,1H3,(H,12,13,14). The van der Waals surface area contributed by atoms with Gasteiger partial charge in [0, 0.05) is 5.92 Å². The highest BCUT2D eigenvalue weighted by Crippen LogP contribution is 2.53. The maximum Gasteiger partial charge on any atom is 0.295 e. The number of hydrogen-bond donors (Lipinski definition) is 1. The fraction of sp³-hybridized carbons (Fsp3) is 0.625. The second-order valence-electron chi connectivity index (χ2n) is 3.54. The Hall–Kier alpha value is -0.810. The van der Waals surface area contributed by atoms with E-state index in [1.165, 1.54) is 0 Å². The molecule has 1 amide bonds. The summed E-state index contributed by atoms with van der Waals surface area (Å²) in [6.45, 7) is 1.99. The highest BCUT2D eigenvalue weighted by Gasteiger charge is 2.52. The molecule has 0 saturated heterocycles. The van der Waals surface area contributed by atoms with E-state index in [0.717, 1.165) is 0 Å². The van der Waals surface area contributed by atoms with Crippen molar-refractivity contribution in [2.45, 2.75) is 17.7 Å². The van der Waals surface area contributed by atoms with E-state index in [2.05, 4.69) is 15.7 Å². The van der Waals surface area contributed by atoms with E-state index >= 15 is 0 Å². The monoisotopic (exact) mass is 249 g/mol. The van der Waals surface area contributed by atoms with Crippen LogP contribution in [0, 0.1) is 5.92 Å². The lowest BCUT2D eigenvalue weighted by atomic mass is 10.3. The highest BCUT2D eigenvalue weighted by molar-refractivity contribution is 6.68. The summed E-state index contributed by atoms with van der Waals surface area (Å²) in [5.41, 5.74) is 2.99. The lowest BCUT2D eigenvalue weighted by Gasteiger charge is -1.99. The number of nitrogens with one attached hydrogen (secondary N) is 1. The second-order valence-corrected chi connectivity index (χ2v) is 5.08. The fourth-order valence-corrected chi connectivity index (χ4v) is 1.65. The van der Waals surface area contributed by atoms with Crippen molar-refractivity contribution in [3.05, 3.63) is 0 Å². The Morgan fingerprint density at radius 1 is 1.73 bits per heavy atom. The van der Waals surface area contributed by atoms with Crippen LogP contribution in [0.25, 0.3) is 0 Å². The average molecular weight is 250 g/mol. The largest absolute Gasteiger partial charge is 0.395 e. The number of halogens is 2. The number of amides is 1. The summed E-state index contributed by atoms with van der Waals surface area (Å²) in [5, 5.41) is 7.38. The minimum atomic E-state index is -0.679. The zero-order chi connectivity index (χ0) is 11.1. The molecule has 1 N–H and O–H groups in total. The summed E-state index contributed by atoms with van der Waals surface area (Å²) in [6, 6.07) is 0. The van der Waals surface area contributed by atoms with Gasteiger partial charge in [0.1, 0.15) is 10.9 Å². The van der Waals surface area contributed by atoms with E-state index in [9.17, 15) is 4.79 Å². The molecule has 5 nitrogen and oxygen atoms in total. The van der Waals surface area contributed by atoms with Crippen LogP contribution >= 0.6 is 23.2 Å². The van der Waals surface area contributed by atoms with E-state index in [1.54, 1.807) is 6.92 Å². The van der Waals surface area contributed by atoms with Crippen LogP contribution < -0.4 is 5.43 Å². The Kier molecular flexibility index (Phi) is 2.60. The first kappa shape index (κ1) is 10.7. The van der Waals surface area contributed by atoms with Crippen LogP contribution in [0.4, 0.5) is 0 Å². The van der Waals surface area contributed by atoms with Gasteiger partial charge in [-0.3, -0.25) is 4.79 Å². The van der Waals surface area contributed by atoms with Crippen LogP contribution in [0.1, 0.15) is 13.3 Å². The van der Waals surface area contributed by atoms with Gasteiger partial charge in [0.15, 0.2) is 5.71 Å². The Balaban J connectivity index is 1.84. The summed E-state index contributed by atoms with van der Waals surface area (Å²) >= 11 is 11.6. The minimum absolute atomic E-state index is 0.0897. The number of hydrazone groups is 1. The van der Waals surface area contributed by atoms with E-state index in [1.807, 2.05) is 0 Å². The Morgan fingerprint density at radius 3 is 2.87 bits per heavy atom. The van der Waals surface area contributed by atoms with Gasteiger partial charge in [-0.1, -0.05) is 5.16 Å². The van der Waals surface area contributed by atoms with Crippen molar-refractivity contribution >= 4 is 40.5 Å². The lowest BCUT2D eigenvalue weighted by Crippen LogP contribution is -2.22. The van der Waals surface area contributed by atoms with Crippen LogP contribution in [0.3, 0.4) is 0 Å². The van der Waals surface area contributed by atoms with E-state index in [4.69, 9.17) is 28.0 Å². The molecule has 7 heteroatoms. The van der Waals surface area contributed by atoms with Gasteiger partial charge in [0.2, 0.25) is 0 Å². The van der Waals surface area contributed by atoms with E-state index in [0.29, 0.717) is 18.7 Å². The number of hydrogen-bond acceptors (Lipinski definition) is 4. The van der Waals surface area contributed by atoms with Crippen molar-refractivity contribution in [2.75, 3.05) is 6.61 Å². The maximum absolute atomic E-state index is 11.1. The van der Waals surface area contributed by atoms with Gasteiger partial charge in [0.25, 0.3) is 5.91 Å². The number of nitrogens with zero attached hydrogens (tertiary/aromatic N) is 2. The van der Waals surface area contributed by atoms with Crippen molar-refractivity contribution in [2.24, 2.45) is 16.2 Å². The number of rotatable bonds is 3. The third-order valence-electron chi connectivity index (χ3n) is 2.27. The van der Waals surface area contributed by atoms with Crippen molar-refractivity contribution in [3.63, 3.8) is 0 Å². The first-order valence-corrected chi connectivity index (χ1v) is 5.19. The van der Waals surface area contributed by atoms with Crippen LogP contribution in [0.15, 0.2) is 10.3 Å². The highest BCUT2D eigenvalue weighted by atomic mass is 35.5. The van der Waals surface area contributed by atoms with Gasteiger partial charge in [-0.25, -0.2) is 5.43 Å². The molecule has 82 valence electrons. The number of carbonyl (C=O) groups is 1. The molecule has 1 unspecified atom stereocenters. The van der Waals surface area contributed by atoms with Crippen LogP contribution in [0.5, 0.6) is 0 Å². The molecular formula is C8H9Cl2N3O2. The summed E-state index contributed by atoms with van der Waals surface area (Å²) < 4.78 is -0.679. The first-order chi connectivity index (χ1) is 7.00. The van der Waals surface area contributed by atoms with Crippen molar-refractivity contribution in [1.82, 2.24) is 5.43 Å². The molecule has 2 aliphatic rings. The quantitative estimate of drug-likeness (QED) is 0.601. The Labute approximate surface area is 96.4 Å². The van der Waals surface area contributed by atoms with Crippen LogP contribution in [-0.2, 0) is 9.63 Å². The third kappa shape index (κ3) is 2.23. The number of carbonyl (C=O) groups excluding carboxylic acids is 1. The smallest absolute Gasteiger partial charge is 0.295 e. The summed E-state index contributed by atoms with van der Waals surface area (Å²) in [7, 11) is 0. The topological polar surface area (TPSA) is 63.0 Å². The first-order valence-electron chi connectivity index (χ1n) is 4.43. The second kappa shape index (κ2) is 3.64. The Morgan fingerprint density at radius 2 is 2.40 bits per heavy atom. The van der Waals surface area contributed by atoms with Gasteiger partial charge < -0.3 is 4.84 Å². The predicted molar refractivity (Wildman–Crippen MR) is 57.2 cm³/mol. The molecule has 1 aliphatic heterocycles. The van der Waals surface area contributed by atoms with Crippen LogP contribution in [-0.4, -0.2) is 28.3 Å². The van der Waals surface area contributed by atoms with Crippen molar-refractivity contribution in [3.8, 4) is 0 Å². The molecule has 0 spiro atoms. The van der Waals surface area contributed by atoms with Gasteiger partial charge >= 0.3 is 0 Å². The maximum atomic E-state index is 11.1. The molecule has 15 heavy (non-hydrogen) atoms. The average Bonchev–Trinajstić information content (AvgIpc) is 2.64. The zero-order valence-corrected chi connectivity index (χ0v) is 9.47. The summed E-state index contributed by atoms with van der Waals surface area (Å²) in [5.74, 6) is -0.266.